The van der Waals surface area contributed by atoms with E-state index in [2.05, 4.69) is 16.0 Å². The third-order valence-corrected chi connectivity index (χ3v) is 5.19. The van der Waals surface area contributed by atoms with Crippen LogP contribution < -0.4 is 0 Å². The van der Waals surface area contributed by atoms with Crippen molar-refractivity contribution in [2.24, 2.45) is 0 Å². The van der Waals surface area contributed by atoms with Gasteiger partial charge in [0, 0.05) is 57.5 Å². The number of hydrogen-bond acceptors (Lipinski definition) is 4. The molecule has 1 aromatic heterocycles. The third-order valence-electron chi connectivity index (χ3n) is 5.19. The Labute approximate surface area is 143 Å². The minimum absolute atomic E-state index is 0.00942. The fraction of sp³-hybridized carbons (Fsp3) is 0.611. The summed E-state index contributed by atoms with van der Waals surface area (Å²) in [6.07, 6.45) is 3.70. The van der Waals surface area contributed by atoms with E-state index in [0.717, 1.165) is 38.2 Å². The fourth-order valence-corrected chi connectivity index (χ4v) is 3.73. The lowest BCUT2D eigenvalue weighted by Gasteiger charge is -2.42. The zero-order chi connectivity index (χ0) is 17.1. The number of likely N-dealkylation sites (N-methyl/N-ethyl adjacent to an activating group) is 1. The lowest BCUT2D eigenvalue weighted by atomic mass is 9.92. The molecule has 130 valence electrons. The Morgan fingerprint density at radius 1 is 1.12 bits per heavy atom. The van der Waals surface area contributed by atoms with E-state index >= 15 is 0 Å². The van der Waals surface area contributed by atoms with Gasteiger partial charge in [-0.15, -0.1) is 0 Å². The molecule has 1 aromatic rings. The maximum absolute atomic E-state index is 12.9. The number of carbonyl (C=O) groups is 2. The number of nitrogens with zero attached hydrogens (tertiary/aromatic N) is 4. The van der Waals surface area contributed by atoms with Gasteiger partial charge < -0.3 is 14.7 Å². The molecule has 0 spiro atoms. The molecule has 3 heterocycles. The minimum Gasteiger partial charge on any atom is -0.341 e. The van der Waals surface area contributed by atoms with Crippen LogP contribution in [0.5, 0.6) is 0 Å². The first-order valence-electron chi connectivity index (χ1n) is 8.71. The molecule has 1 unspecified atom stereocenters. The summed E-state index contributed by atoms with van der Waals surface area (Å²) < 4.78 is 0. The van der Waals surface area contributed by atoms with Crippen molar-refractivity contribution < 1.29 is 9.59 Å². The summed E-state index contributed by atoms with van der Waals surface area (Å²) in [4.78, 5) is 35.0. The number of piperidine rings is 1. The molecule has 2 saturated heterocycles. The molecule has 0 aromatic carbocycles. The second-order valence-corrected chi connectivity index (χ2v) is 6.84. The van der Waals surface area contributed by atoms with Crippen LogP contribution in [0.15, 0.2) is 24.4 Å². The maximum atomic E-state index is 12.9. The maximum Gasteiger partial charge on any atom is 0.246 e. The molecule has 2 aliphatic heterocycles. The van der Waals surface area contributed by atoms with E-state index < -0.39 is 0 Å². The highest BCUT2D eigenvalue weighted by molar-refractivity contribution is 5.87. The fourth-order valence-electron chi connectivity index (χ4n) is 3.73. The smallest absolute Gasteiger partial charge is 0.246 e. The molecule has 6 nitrogen and oxygen atoms in total. The average Bonchev–Trinajstić information content (AvgIpc) is 2.61. The van der Waals surface area contributed by atoms with Crippen LogP contribution in [0.1, 0.15) is 31.4 Å². The second kappa shape index (κ2) is 7.30. The van der Waals surface area contributed by atoms with Crippen LogP contribution in [0.25, 0.3) is 0 Å². The van der Waals surface area contributed by atoms with Crippen LogP contribution in [-0.2, 0) is 9.59 Å². The third kappa shape index (κ3) is 3.59. The van der Waals surface area contributed by atoms with E-state index in [0.29, 0.717) is 19.0 Å². The largest absolute Gasteiger partial charge is 0.341 e. The molecule has 1 atom stereocenters. The van der Waals surface area contributed by atoms with Gasteiger partial charge in [-0.05, 0) is 32.0 Å². The molecule has 3 rings (SSSR count). The first-order valence-corrected chi connectivity index (χ1v) is 8.71. The van der Waals surface area contributed by atoms with Crippen LogP contribution in [0.3, 0.4) is 0 Å². The van der Waals surface area contributed by atoms with Crippen LogP contribution in [-0.4, -0.2) is 77.3 Å². The van der Waals surface area contributed by atoms with Crippen molar-refractivity contribution in [3.05, 3.63) is 30.1 Å². The first kappa shape index (κ1) is 16.9. The zero-order valence-corrected chi connectivity index (χ0v) is 14.5. The summed E-state index contributed by atoms with van der Waals surface area (Å²) in [6.45, 7) is 5.12. The van der Waals surface area contributed by atoms with Gasteiger partial charge in [0.15, 0.2) is 0 Å². The SMILES string of the molecule is CC(=O)N1CCN(C)CC1C(=O)N1CCC(c2ccccn2)CC1. The molecular weight excluding hydrogens is 304 g/mol. The number of carbonyl (C=O) groups excluding carboxylic acids is 2. The topological polar surface area (TPSA) is 56.8 Å². The van der Waals surface area contributed by atoms with Gasteiger partial charge in [0.05, 0.1) is 0 Å². The monoisotopic (exact) mass is 330 g/mol. The standard InChI is InChI=1S/C18H26N4O2/c1-14(23)22-12-11-20(2)13-17(22)18(24)21-9-6-15(7-10-21)16-5-3-4-8-19-16/h3-5,8,15,17H,6-7,9-13H2,1-2H3. The van der Waals surface area contributed by atoms with Gasteiger partial charge in [-0.25, -0.2) is 0 Å². The Morgan fingerprint density at radius 2 is 1.88 bits per heavy atom. The van der Waals surface area contributed by atoms with E-state index in [1.807, 2.05) is 30.3 Å². The van der Waals surface area contributed by atoms with Crippen molar-refractivity contribution in [1.82, 2.24) is 19.7 Å². The molecular formula is C18H26N4O2. The number of piperazine rings is 1. The highest BCUT2D eigenvalue weighted by atomic mass is 16.2. The summed E-state index contributed by atoms with van der Waals surface area (Å²) in [5.74, 6) is 0.509. The predicted molar refractivity (Wildman–Crippen MR) is 91.5 cm³/mol. The first-order chi connectivity index (χ1) is 11.6. The van der Waals surface area contributed by atoms with Gasteiger partial charge in [-0.2, -0.15) is 0 Å². The molecule has 6 heteroatoms. The van der Waals surface area contributed by atoms with Gasteiger partial charge in [0.2, 0.25) is 11.8 Å². The molecule has 0 bridgehead atoms. The quantitative estimate of drug-likeness (QED) is 0.810. The lowest BCUT2D eigenvalue weighted by Crippen LogP contribution is -2.60. The van der Waals surface area contributed by atoms with Crippen molar-refractivity contribution in [2.75, 3.05) is 39.8 Å². The molecule has 0 radical (unpaired) electrons. The van der Waals surface area contributed by atoms with E-state index in [9.17, 15) is 9.59 Å². The number of pyridine rings is 1. The Morgan fingerprint density at radius 3 is 2.50 bits per heavy atom. The summed E-state index contributed by atoms with van der Waals surface area (Å²) >= 11 is 0. The molecule has 0 aliphatic carbocycles. The van der Waals surface area contributed by atoms with E-state index in [1.165, 1.54) is 0 Å². The van der Waals surface area contributed by atoms with Crippen LogP contribution in [0.2, 0.25) is 0 Å². The number of rotatable bonds is 2. The number of amides is 2. The zero-order valence-electron chi connectivity index (χ0n) is 14.5. The van der Waals surface area contributed by atoms with Crippen molar-refractivity contribution in [2.45, 2.75) is 31.7 Å². The highest BCUT2D eigenvalue weighted by Gasteiger charge is 2.36. The van der Waals surface area contributed by atoms with Gasteiger partial charge in [0.25, 0.3) is 0 Å². The van der Waals surface area contributed by atoms with Crippen LogP contribution >= 0.6 is 0 Å². The molecule has 24 heavy (non-hydrogen) atoms. The Hall–Kier alpha value is -1.95. The molecule has 0 saturated carbocycles. The van der Waals surface area contributed by atoms with Gasteiger partial charge in [0.1, 0.15) is 6.04 Å². The Balaban J connectivity index is 1.62. The van der Waals surface area contributed by atoms with E-state index in [1.54, 1.807) is 11.8 Å². The van der Waals surface area contributed by atoms with Gasteiger partial charge in [-0.3, -0.25) is 14.6 Å². The summed E-state index contributed by atoms with van der Waals surface area (Å²) in [6, 6.07) is 5.67. The summed E-state index contributed by atoms with van der Waals surface area (Å²) in [5, 5.41) is 0. The predicted octanol–water partition coefficient (Wildman–Crippen LogP) is 0.950. The summed E-state index contributed by atoms with van der Waals surface area (Å²) in [5.41, 5.74) is 1.12. The molecule has 2 fully saturated rings. The van der Waals surface area contributed by atoms with Crippen LogP contribution in [0.4, 0.5) is 0 Å². The van der Waals surface area contributed by atoms with Crippen molar-refractivity contribution in [3.8, 4) is 0 Å². The molecule has 2 amide bonds. The summed E-state index contributed by atoms with van der Waals surface area (Å²) in [7, 11) is 2.01. The number of aromatic nitrogens is 1. The number of hydrogen-bond donors (Lipinski definition) is 0. The van der Waals surface area contributed by atoms with Gasteiger partial charge in [-0.1, -0.05) is 6.07 Å². The van der Waals surface area contributed by atoms with E-state index in [-0.39, 0.29) is 17.9 Å². The molecule has 2 aliphatic rings. The van der Waals surface area contributed by atoms with E-state index in [4.69, 9.17) is 0 Å². The lowest BCUT2D eigenvalue weighted by molar-refractivity contribution is -0.148. The second-order valence-electron chi connectivity index (χ2n) is 6.84. The number of likely N-dealkylation sites (tertiary alicyclic amines) is 1. The average molecular weight is 330 g/mol. The Kier molecular flexibility index (Phi) is 5.14. The van der Waals surface area contributed by atoms with Crippen molar-refractivity contribution >= 4 is 11.8 Å². The van der Waals surface area contributed by atoms with Gasteiger partial charge >= 0.3 is 0 Å². The minimum atomic E-state index is -0.340. The van der Waals surface area contributed by atoms with Crippen LogP contribution in [0, 0.1) is 0 Å². The van der Waals surface area contributed by atoms with Crippen molar-refractivity contribution in [3.63, 3.8) is 0 Å². The molecule has 0 N–H and O–H groups in total. The van der Waals surface area contributed by atoms with Crippen molar-refractivity contribution in [1.29, 1.82) is 0 Å². The normalized spacial score (nSPS) is 23.3. The highest BCUT2D eigenvalue weighted by Crippen LogP contribution is 2.27. The Bertz CT molecular complexity index is 584.